The van der Waals surface area contributed by atoms with Crippen molar-refractivity contribution in [3.8, 4) is 0 Å². The molecule has 17 heavy (non-hydrogen) atoms. The minimum atomic E-state index is -0.250. The second kappa shape index (κ2) is 8.06. The minimum absolute atomic E-state index is 0.0837. The summed E-state index contributed by atoms with van der Waals surface area (Å²) in [5, 5.41) is 6.89. The standard InChI is InChI=1S/C11H21NO2.CH2O2/c1-11(2,3)12-14-10(13)9-7-5-4-6-8-9;2-1-3/h9,12H,4-8H2,1-3H3;1H,(H,2,3). The molecule has 0 atom stereocenters. The molecule has 1 aliphatic rings. The zero-order valence-electron chi connectivity index (χ0n) is 10.9. The zero-order valence-corrected chi connectivity index (χ0v) is 10.9. The normalized spacial score (nSPS) is 16.6. The van der Waals surface area contributed by atoms with Crippen LogP contribution in [-0.2, 0) is 14.4 Å². The SMILES string of the molecule is CC(C)(C)NOC(=O)C1CCCCC1.O=CO. The van der Waals surface area contributed by atoms with Crippen molar-refractivity contribution < 1.29 is 19.5 Å². The van der Waals surface area contributed by atoms with E-state index in [0.29, 0.717) is 0 Å². The molecule has 1 rings (SSSR count). The van der Waals surface area contributed by atoms with E-state index in [1.54, 1.807) is 0 Å². The molecule has 0 bridgehead atoms. The predicted molar refractivity (Wildman–Crippen MR) is 64.2 cm³/mol. The largest absolute Gasteiger partial charge is 0.483 e. The van der Waals surface area contributed by atoms with E-state index in [9.17, 15) is 4.79 Å². The van der Waals surface area contributed by atoms with E-state index >= 15 is 0 Å². The molecular formula is C12H23NO4. The number of nitrogens with one attached hydrogen (secondary N) is 1. The summed E-state index contributed by atoms with van der Waals surface area (Å²) in [5.41, 5.74) is 2.61. The molecule has 0 aromatic heterocycles. The molecule has 1 aliphatic carbocycles. The maximum absolute atomic E-state index is 11.6. The van der Waals surface area contributed by atoms with Gasteiger partial charge in [-0.1, -0.05) is 19.3 Å². The van der Waals surface area contributed by atoms with Crippen LogP contribution < -0.4 is 5.48 Å². The highest BCUT2D eigenvalue weighted by Gasteiger charge is 2.24. The molecule has 1 saturated carbocycles. The number of hydrogen-bond acceptors (Lipinski definition) is 4. The van der Waals surface area contributed by atoms with Crippen LogP contribution in [0.2, 0.25) is 0 Å². The van der Waals surface area contributed by atoms with Crippen molar-refractivity contribution in [2.24, 2.45) is 5.92 Å². The summed E-state index contributed by atoms with van der Waals surface area (Å²) in [6.07, 6.45) is 5.57. The number of carbonyl (C=O) groups is 2. The molecule has 0 aromatic carbocycles. The first kappa shape index (κ1) is 15.9. The lowest BCUT2D eigenvalue weighted by atomic mass is 9.89. The van der Waals surface area contributed by atoms with Crippen LogP contribution in [0.4, 0.5) is 0 Å². The van der Waals surface area contributed by atoms with Gasteiger partial charge in [-0.15, -0.1) is 5.48 Å². The van der Waals surface area contributed by atoms with Gasteiger partial charge in [-0.2, -0.15) is 0 Å². The van der Waals surface area contributed by atoms with Gasteiger partial charge >= 0.3 is 5.97 Å². The first-order valence-electron chi connectivity index (χ1n) is 5.96. The number of hydroxylamine groups is 1. The molecule has 0 amide bonds. The van der Waals surface area contributed by atoms with Crippen LogP contribution in [0.3, 0.4) is 0 Å². The van der Waals surface area contributed by atoms with E-state index in [2.05, 4.69) is 5.48 Å². The highest BCUT2D eigenvalue weighted by molar-refractivity contribution is 5.72. The Morgan fingerprint density at radius 3 is 2.18 bits per heavy atom. The summed E-state index contributed by atoms with van der Waals surface area (Å²) in [7, 11) is 0. The number of hydrogen-bond donors (Lipinski definition) is 2. The number of carboxylic acid groups (broad SMARTS) is 1. The van der Waals surface area contributed by atoms with Crippen molar-refractivity contribution in [3.05, 3.63) is 0 Å². The minimum Gasteiger partial charge on any atom is -0.483 e. The van der Waals surface area contributed by atoms with Gasteiger partial charge in [0, 0.05) is 5.54 Å². The molecule has 0 unspecified atom stereocenters. The zero-order chi connectivity index (χ0) is 13.3. The average molecular weight is 245 g/mol. The Morgan fingerprint density at radius 2 is 1.76 bits per heavy atom. The van der Waals surface area contributed by atoms with E-state index in [-0.39, 0.29) is 23.9 Å². The molecule has 0 heterocycles. The van der Waals surface area contributed by atoms with E-state index in [4.69, 9.17) is 14.7 Å². The van der Waals surface area contributed by atoms with Crippen molar-refractivity contribution in [1.82, 2.24) is 5.48 Å². The van der Waals surface area contributed by atoms with Crippen LogP contribution in [0.5, 0.6) is 0 Å². The van der Waals surface area contributed by atoms with Crippen molar-refractivity contribution in [2.75, 3.05) is 0 Å². The second-order valence-electron chi connectivity index (χ2n) is 5.21. The van der Waals surface area contributed by atoms with Crippen LogP contribution >= 0.6 is 0 Å². The van der Waals surface area contributed by atoms with Gasteiger partial charge in [0.25, 0.3) is 6.47 Å². The van der Waals surface area contributed by atoms with Crippen LogP contribution in [0.1, 0.15) is 52.9 Å². The fraction of sp³-hybridized carbons (Fsp3) is 0.833. The Labute approximate surface area is 102 Å². The second-order valence-corrected chi connectivity index (χ2v) is 5.21. The van der Waals surface area contributed by atoms with Gasteiger partial charge in [0.2, 0.25) is 0 Å². The molecule has 0 saturated heterocycles. The Bertz CT molecular complexity index is 229. The van der Waals surface area contributed by atoms with Gasteiger partial charge in [-0.25, -0.2) is 0 Å². The lowest BCUT2D eigenvalue weighted by Gasteiger charge is -2.23. The third-order valence-corrected chi connectivity index (χ3v) is 2.40. The Hall–Kier alpha value is -1.10. The molecular weight excluding hydrogens is 222 g/mol. The number of carbonyl (C=O) groups excluding carboxylic acids is 1. The number of rotatable bonds is 2. The topological polar surface area (TPSA) is 75.6 Å². The summed E-state index contributed by atoms with van der Waals surface area (Å²) in [6.45, 7) is 5.67. The van der Waals surface area contributed by atoms with E-state index in [0.717, 1.165) is 25.7 Å². The molecule has 5 nitrogen and oxygen atoms in total. The van der Waals surface area contributed by atoms with Crippen molar-refractivity contribution in [1.29, 1.82) is 0 Å². The van der Waals surface area contributed by atoms with Crippen molar-refractivity contribution in [2.45, 2.75) is 58.4 Å². The van der Waals surface area contributed by atoms with Crippen molar-refractivity contribution in [3.63, 3.8) is 0 Å². The summed E-state index contributed by atoms with van der Waals surface area (Å²) >= 11 is 0. The Kier molecular flexibility index (Phi) is 7.54. The monoisotopic (exact) mass is 245 g/mol. The van der Waals surface area contributed by atoms with Gasteiger partial charge in [0.15, 0.2) is 0 Å². The van der Waals surface area contributed by atoms with Gasteiger partial charge in [-0.05, 0) is 33.6 Å². The smallest absolute Gasteiger partial charge is 0.327 e. The molecule has 0 spiro atoms. The maximum atomic E-state index is 11.6. The van der Waals surface area contributed by atoms with Crippen LogP contribution in [0, 0.1) is 5.92 Å². The Balaban J connectivity index is 0.000000770. The Morgan fingerprint density at radius 1 is 1.29 bits per heavy atom. The highest BCUT2D eigenvalue weighted by Crippen LogP contribution is 2.24. The third-order valence-electron chi connectivity index (χ3n) is 2.40. The van der Waals surface area contributed by atoms with Gasteiger partial charge in [0.1, 0.15) is 0 Å². The van der Waals surface area contributed by atoms with Crippen LogP contribution in [0.15, 0.2) is 0 Å². The maximum Gasteiger partial charge on any atom is 0.327 e. The van der Waals surface area contributed by atoms with Crippen molar-refractivity contribution >= 4 is 12.4 Å². The molecule has 0 aliphatic heterocycles. The molecule has 0 aromatic rings. The summed E-state index contributed by atoms with van der Waals surface area (Å²) in [4.78, 5) is 25.0. The fourth-order valence-electron chi connectivity index (χ4n) is 1.63. The van der Waals surface area contributed by atoms with E-state index < -0.39 is 0 Å². The lowest BCUT2D eigenvalue weighted by molar-refractivity contribution is -0.161. The van der Waals surface area contributed by atoms with Crippen LogP contribution in [-0.4, -0.2) is 23.1 Å². The quantitative estimate of drug-likeness (QED) is 0.575. The molecule has 0 radical (unpaired) electrons. The van der Waals surface area contributed by atoms with Crippen LogP contribution in [0.25, 0.3) is 0 Å². The van der Waals surface area contributed by atoms with Gasteiger partial charge < -0.3 is 9.94 Å². The summed E-state index contributed by atoms with van der Waals surface area (Å²) < 4.78 is 0. The van der Waals surface area contributed by atoms with E-state index in [1.807, 2.05) is 20.8 Å². The van der Waals surface area contributed by atoms with E-state index in [1.165, 1.54) is 6.42 Å². The van der Waals surface area contributed by atoms with Gasteiger partial charge in [-0.3, -0.25) is 9.59 Å². The summed E-state index contributed by atoms with van der Waals surface area (Å²) in [5.74, 6) is 0.0400. The first-order valence-corrected chi connectivity index (χ1v) is 5.96. The molecule has 5 heteroatoms. The fourth-order valence-corrected chi connectivity index (χ4v) is 1.63. The summed E-state index contributed by atoms with van der Waals surface area (Å²) in [6, 6.07) is 0. The molecule has 2 N–H and O–H groups in total. The van der Waals surface area contributed by atoms with Gasteiger partial charge in [0.05, 0.1) is 5.92 Å². The highest BCUT2D eigenvalue weighted by atomic mass is 16.7. The molecule has 1 fully saturated rings. The third kappa shape index (κ3) is 8.68. The predicted octanol–water partition coefficient (Wildman–Crippen LogP) is 2.11. The average Bonchev–Trinajstić information content (AvgIpc) is 2.27. The first-order chi connectivity index (χ1) is 7.90. The lowest BCUT2D eigenvalue weighted by Crippen LogP contribution is -2.39. The molecule has 100 valence electrons.